The smallest absolute Gasteiger partial charge is 0.255 e. The van der Waals surface area contributed by atoms with E-state index in [9.17, 15) is 4.79 Å². The van der Waals surface area contributed by atoms with Gasteiger partial charge in [0.25, 0.3) is 5.91 Å². The largest absolute Gasteiger partial charge is 0.378 e. The summed E-state index contributed by atoms with van der Waals surface area (Å²) >= 11 is 0. The first-order chi connectivity index (χ1) is 11.1. The molecular formula is C16H21N5O2. The second kappa shape index (κ2) is 6.78. The Hall–Kier alpha value is -2.41. The highest BCUT2D eigenvalue weighted by atomic mass is 16.5. The van der Waals surface area contributed by atoms with Gasteiger partial charge in [-0.1, -0.05) is 0 Å². The zero-order valence-electron chi connectivity index (χ0n) is 13.5. The van der Waals surface area contributed by atoms with Crippen LogP contribution in [0.3, 0.4) is 0 Å². The minimum absolute atomic E-state index is 0.0464. The van der Waals surface area contributed by atoms with E-state index >= 15 is 0 Å². The van der Waals surface area contributed by atoms with Crippen LogP contribution in [0.15, 0.2) is 30.7 Å². The van der Waals surface area contributed by atoms with E-state index in [0.29, 0.717) is 12.1 Å². The Kier molecular flexibility index (Phi) is 4.57. The second-order valence-electron chi connectivity index (χ2n) is 5.69. The van der Waals surface area contributed by atoms with Crippen molar-refractivity contribution in [3.05, 3.63) is 41.9 Å². The summed E-state index contributed by atoms with van der Waals surface area (Å²) in [5.74, 6) is 0.842. The molecule has 3 heterocycles. The fourth-order valence-electron chi connectivity index (χ4n) is 2.61. The van der Waals surface area contributed by atoms with Crippen LogP contribution in [0.2, 0.25) is 0 Å². The normalized spacial score (nSPS) is 14.8. The number of carbonyl (C=O) groups excluding carboxylic acids is 1. The van der Waals surface area contributed by atoms with Crippen LogP contribution >= 0.6 is 0 Å². The van der Waals surface area contributed by atoms with Gasteiger partial charge in [0.15, 0.2) is 0 Å². The van der Waals surface area contributed by atoms with E-state index in [0.717, 1.165) is 37.7 Å². The number of morpholine rings is 1. The maximum atomic E-state index is 12.5. The summed E-state index contributed by atoms with van der Waals surface area (Å²) in [6.45, 7) is 3.63. The molecule has 1 saturated heterocycles. The fraction of sp³-hybridized carbons (Fsp3) is 0.438. The molecule has 3 rings (SSSR count). The molecule has 23 heavy (non-hydrogen) atoms. The summed E-state index contributed by atoms with van der Waals surface area (Å²) in [6.07, 6.45) is 5.32. The molecule has 0 bridgehead atoms. The third-order valence-corrected chi connectivity index (χ3v) is 3.85. The van der Waals surface area contributed by atoms with Crippen molar-refractivity contribution in [3.63, 3.8) is 0 Å². The number of hydrogen-bond acceptors (Lipinski definition) is 5. The lowest BCUT2D eigenvalue weighted by molar-refractivity contribution is 0.0784. The van der Waals surface area contributed by atoms with Crippen molar-refractivity contribution in [2.75, 3.05) is 38.3 Å². The van der Waals surface area contributed by atoms with Crippen molar-refractivity contribution >= 4 is 11.7 Å². The van der Waals surface area contributed by atoms with E-state index in [4.69, 9.17) is 4.74 Å². The fourth-order valence-corrected chi connectivity index (χ4v) is 2.61. The highest BCUT2D eigenvalue weighted by Gasteiger charge is 2.16. The zero-order chi connectivity index (χ0) is 16.2. The summed E-state index contributed by atoms with van der Waals surface area (Å²) in [6, 6.07) is 3.73. The highest BCUT2D eigenvalue weighted by Crippen LogP contribution is 2.14. The van der Waals surface area contributed by atoms with Gasteiger partial charge in [-0.3, -0.25) is 9.48 Å². The van der Waals surface area contributed by atoms with Crippen molar-refractivity contribution in [3.8, 4) is 0 Å². The Morgan fingerprint density at radius 3 is 2.70 bits per heavy atom. The number of aryl methyl sites for hydroxylation is 1. The van der Waals surface area contributed by atoms with E-state index in [1.54, 1.807) is 29.0 Å². The number of amides is 1. The summed E-state index contributed by atoms with van der Waals surface area (Å²) in [4.78, 5) is 20.7. The molecule has 1 aliphatic heterocycles. The van der Waals surface area contributed by atoms with Crippen LogP contribution < -0.4 is 4.90 Å². The first kappa shape index (κ1) is 15.5. The van der Waals surface area contributed by atoms with Gasteiger partial charge in [0.05, 0.1) is 25.0 Å². The lowest BCUT2D eigenvalue weighted by Gasteiger charge is -2.27. The third-order valence-electron chi connectivity index (χ3n) is 3.85. The summed E-state index contributed by atoms with van der Waals surface area (Å²) in [5, 5.41) is 4.12. The predicted octanol–water partition coefficient (Wildman–Crippen LogP) is 0.924. The molecule has 1 fully saturated rings. The molecule has 122 valence electrons. The molecule has 0 unspecified atom stereocenters. The SMILES string of the molecule is CN(Cc1cnn(C)c1)C(=O)c1ccc(N2CCOCC2)nc1. The number of aromatic nitrogens is 3. The van der Waals surface area contributed by atoms with Gasteiger partial charge in [0, 0.05) is 51.7 Å². The van der Waals surface area contributed by atoms with Gasteiger partial charge < -0.3 is 14.5 Å². The van der Waals surface area contributed by atoms with Gasteiger partial charge in [0.1, 0.15) is 5.82 Å². The monoisotopic (exact) mass is 315 g/mol. The van der Waals surface area contributed by atoms with Crippen LogP contribution in [0.5, 0.6) is 0 Å². The summed E-state index contributed by atoms with van der Waals surface area (Å²) in [7, 11) is 3.64. The van der Waals surface area contributed by atoms with Crippen LogP contribution in [-0.4, -0.2) is 58.9 Å². The molecule has 0 saturated carbocycles. The van der Waals surface area contributed by atoms with Gasteiger partial charge in [-0.25, -0.2) is 4.98 Å². The number of carbonyl (C=O) groups is 1. The van der Waals surface area contributed by atoms with Crippen molar-refractivity contribution in [1.29, 1.82) is 0 Å². The van der Waals surface area contributed by atoms with E-state index in [1.165, 1.54) is 0 Å². The number of nitrogens with zero attached hydrogens (tertiary/aromatic N) is 5. The third kappa shape index (κ3) is 3.68. The molecule has 0 aliphatic carbocycles. The molecule has 2 aromatic rings. The second-order valence-corrected chi connectivity index (χ2v) is 5.69. The lowest BCUT2D eigenvalue weighted by Crippen LogP contribution is -2.36. The lowest BCUT2D eigenvalue weighted by atomic mass is 10.2. The first-order valence-electron chi connectivity index (χ1n) is 7.65. The average molecular weight is 315 g/mol. The molecule has 2 aromatic heterocycles. The van der Waals surface area contributed by atoms with E-state index in [-0.39, 0.29) is 5.91 Å². The van der Waals surface area contributed by atoms with E-state index in [2.05, 4.69) is 15.0 Å². The summed E-state index contributed by atoms with van der Waals surface area (Å²) in [5.41, 5.74) is 1.59. The van der Waals surface area contributed by atoms with Crippen LogP contribution in [0.4, 0.5) is 5.82 Å². The molecule has 7 nitrogen and oxygen atoms in total. The minimum atomic E-state index is -0.0464. The van der Waals surface area contributed by atoms with Crippen molar-refractivity contribution < 1.29 is 9.53 Å². The number of anilines is 1. The Balaban J connectivity index is 1.64. The van der Waals surface area contributed by atoms with Crippen molar-refractivity contribution in [1.82, 2.24) is 19.7 Å². The van der Waals surface area contributed by atoms with Crippen LogP contribution in [-0.2, 0) is 18.3 Å². The van der Waals surface area contributed by atoms with Gasteiger partial charge in [-0.15, -0.1) is 0 Å². The molecule has 0 aromatic carbocycles. The van der Waals surface area contributed by atoms with Gasteiger partial charge in [-0.05, 0) is 12.1 Å². The van der Waals surface area contributed by atoms with Crippen molar-refractivity contribution in [2.45, 2.75) is 6.54 Å². The highest BCUT2D eigenvalue weighted by molar-refractivity contribution is 5.93. The molecular weight excluding hydrogens is 294 g/mol. The number of rotatable bonds is 4. The maximum Gasteiger partial charge on any atom is 0.255 e. The zero-order valence-corrected chi connectivity index (χ0v) is 13.5. The van der Waals surface area contributed by atoms with Crippen LogP contribution in [0, 0.1) is 0 Å². The van der Waals surface area contributed by atoms with E-state index < -0.39 is 0 Å². The average Bonchev–Trinajstić information content (AvgIpc) is 3.00. The Bertz CT molecular complexity index is 661. The van der Waals surface area contributed by atoms with Crippen molar-refractivity contribution in [2.24, 2.45) is 7.05 Å². The number of ether oxygens (including phenoxy) is 1. The Labute approximate surface area is 135 Å². The molecule has 1 amide bonds. The molecule has 7 heteroatoms. The quantitative estimate of drug-likeness (QED) is 0.840. The Morgan fingerprint density at radius 1 is 1.30 bits per heavy atom. The van der Waals surface area contributed by atoms with E-state index in [1.807, 2.05) is 25.4 Å². The van der Waals surface area contributed by atoms with Gasteiger partial charge >= 0.3 is 0 Å². The molecule has 0 spiro atoms. The summed E-state index contributed by atoms with van der Waals surface area (Å²) < 4.78 is 7.06. The van der Waals surface area contributed by atoms with Crippen LogP contribution in [0.1, 0.15) is 15.9 Å². The van der Waals surface area contributed by atoms with Crippen LogP contribution in [0.25, 0.3) is 0 Å². The number of hydrogen-bond donors (Lipinski definition) is 0. The number of pyridine rings is 1. The topological polar surface area (TPSA) is 63.5 Å². The molecule has 0 radical (unpaired) electrons. The Morgan fingerprint density at radius 2 is 2.09 bits per heavy atom. The molecule has 0 atom stereocenters. The molecule has 1 aliphatic rings. The minimum Gasteiger partial charge on any atom is -0.378 e. The van der Waals surface area contributed by atoms with Gasteiger partial charge in [-0.2, -0.15) is 5.10 Å². The predicted molar refractivity (Wildman–Crippen MR) is 86.3 cm³/mol. The standard InChI is InChI=1S/C16H21N5O2/c1-19(11-13-9-18-20(2)12-13)16(22)14-3-4-15(17-10-14)21-5-7-23-8-6-21/h3-4,9-10,12H,5-8,11H2,1-2H3. The first-order valence-corrected chi connectivity index (χ1v) is 7.65. The molecule has 0 N–H and O–H groups in total. The van der Waals surface area contributed by atoms with Gasteiger partial charge in [0.2, 0.25) is 0 Å². The maximum absolute atomic E-state index is 12.5.